The first-order valence-electron chi connectivity index (χ1n) is 49.1. The van der Waals surface area contributed by atoms with Gasteiger partial charge in [0.05, 0.1) is 5.69 Å². The van der Waals surface area contributed by atoms with Crippen molar-refractivity contribution in [1.29, 1.82) is 0 Å². The molecule has 1 atom stereocenters. The molecule has 0 saturated carbocycles. The second-order valence-electron chi connectivity index (χ2n) is 32.0. The third-order valence-corrected chi connectivity index (χ3v) is 23.7. The lowest BCUT2D eigenvalue weighted by Crippen LogP contribution is -2.07. The zero-order chi connectivity index (χ0) is 97.3. The summed E-state index contributed by atoms with van der Waals surface area (Å²) in [6.45, 7) is 76.0. The highest BCUT2D eigenvalue weighted by Gasteiger charge is 2.24. The third-order valence-electron chi connectivity index (χ3n) is 20.9. The zero-order valence-corrected chi connectivity index (χ0v) is 89.3. The molecule has 0 radical (unpaired) electrons. The number of nitrogens with zero attached hydrogens (tertiary/aromatic N) is 2. The van der Waals surface area contributed by atoms with Gasteiger partial charge >= 0.3 is 0 Å². The molecule has 1 unspecified atom stereocenters. The predicted molar refractivity (Wildman–Crippen MR) is 594 cm³/mol. The smallest absolute Gasteiger partial charge is 0.248 e. The van der Waals surface area contributed by atoms with Gasteiger partial charge in [-0.3, -0.25) is 14.8 Å². The molecular weight excluding hydrogens is 1620 g/mol. The summed E-state index contributed by atoms with van der Waals surface area (Å²) >= 11 is 5.47. The molecule has 0 spiro atoms. The molecule has 0 saturated heterocycles. The highest BCUT2D eigenvalue weighted by molar-refractivity contribution is 7.17. The number of thiophene rings is 3. The van der Waals surface area contributed by atoms with Crippen molar-refractivity contribution in [3.63, 3.8) is 0 Å². The first kappa shape index (κ1) is 117. The van der Waals surface area contributed by atoms with Crippen LogP contribution >= 0.6 is 34.0 Å². The Labute approximate surface area is 797 Å². The van der Waals surface area contributed by atoms with Crippen LogP contribution in [0.25, 0.3) is 73.7 Å². The van der Waals surface area contributed by atoms with E-state index in [1.54, 1.807) is 11.6 Å². The minimum absolute atomic E-state index is 0.0209. The Hall–Kier alpha value is -9.77. The topological polar surface area (TPSA) is 89.7 Å². The molecule has 0 bridgehead atoms. The molecule has 9 aromatic carbocycles. The van der Waals surface area contributed by atoms with Crippen LogP contribution in [0.1, 0.15) is 370 Å². The highest BCUT2D eigenvalue weighted by atomic mass is 32.1. The van der Waals surface area contributed by atoms with Gasteiger partial charge in [0.25, 0.3) is 0 Å². The maximum absolute atomic E-state index is 11.4. The standard InChI is InChI=1S/C13H14.C12H13NO.C11H15N.3C11H13N.3C11H12S.9C2H6/c1-10(2)12-9-5-7-11-6-3-4-8-13(11)12;1-8(2)10-7-12(14)13-11-6-4-3-5-9(10)11;1-8(2)10-4-3-9-7-12-6-5-11(9)10;2*1-8(2)9-3-4-11-10(7-9)5-6-12-11;1-8(2)10-7-12-11-6-4-3-5-9(10)11;1-8(2)9-3-4-11-10(7-9)5-6-12-11;1-8(2)10-4-3-9-5-6-12-11(9)7-10;1-8(2)10-7-12-11-6-4-3-5-9(10)11;9*1-2/h3-10H,1-2H3;3-8H,1-2H3,(H,13,14);5-8,10H,3-4H2,1-2H3;3-4,6-8H,5H2,1-2H3;2*3-8,12H,1-2H3;3*3-8H,1-2H3;9*1-2H3. The Kier molecular flexibility index (Phi) is 60.5. The van der Waals surface area contributed by atoms with Crippen molar-refractivity contribution >= 4 is 120 Å². The zero-order valence-electron chi connectivity index (χ0n) is 86.8. The van der Waals surface area contributed by atoms with Gasteiger partial charge in [-0.2, -0.15) is 0 Å². The number of aromatic amines is 3. The van der Waals surface area contributed by atoms with E-state index in [0.717, 1.165) is 40.4 Å². The van der Waals surface area contributed by atoms with Crippen LogP contribution in [0.2, 0.25) is 0 Å². The first-order chi connectivity index (χ1) is 62.4. The van der Waals surface area contributed by atoms with Crippen LogP contribution in [0.3, 0.4) is 0 Å². The van der Waals surface area contributed by atoms with Crippen molar-refractivity contribution in [2.45, 2.75) is 322 Å². The summed E-state index contributed by atoms with van der Waals surface area (Å²) in [4.78, 5) is 29.1. The fraction of sp³-hybridized carbons (Fsp3) is 0.408. The van der Waals surface area contributed by atoms with Crippen LogP contribution in [-0.4, -0.2) is 26.2 Å². The number of H-pyrrole nitrogens is 3. The molecule has 700 valence electrons. The Bertz CT molecular complexity index is 5400. The lowest BCUT2D eigenvalue weighted by atomic mass is 9.91. The van der Waals surface area contributed by atoms with Crippen molar-refractivity contribution in [3.8, 4) is 0 Å². The molecule has 2 aliphatic rings. The fourth-order valence-electron chi connectivity index (χ4n) is 14.2. The number of rotatable bonds is 9. The summed E-state index contributed by atoms with van der Waals surface area (Å²) in [5.41, 5.74) is 20.0. The second kappa shape index (κ2) is 66.6. The van der Waals surface area contributed by atoms with Gasteiger partial charge in [-0.1, -0.05) is 389 Å². The molecule has 7 aromatic heterocycles. The number of fused-ring (bicyclic) bond motifs is 9. The van der Waals surface area contributed by atoms with Gasteiger partial charge in [-0.05, 0) is 254 Å². The highest BCUT2D eigenvalue weighted by Crippen LogP contribution is 2.38. The molecule has 8 heterocycles. The maximum Gasteiger partial charge on any atom is 0.248 e. The van der Waals surface area contributed by atoms with Crippen LogP contribution in [0, 0.1) is 5.92 Å². The van der Waals surface area contributed by atoms with Gasteiger partial charge in [0, 0.05) is 84.9 Å². The number of para-hydroxylation sites is 2. The van der Waals surface area contributed by atoms with Gasteiger partial charge in [-0.15, -0.1) is 34.0 Å². The molecule has 3 N–H and O–H groups in total. The minimum Gasteiger partial charge on any atom is -0.361 e. The van der Waals surface area contributed by atoms with Crippen molar-refractivity contribution in [3.05, 3.63) is 331 Å². The summed E-state index contributed by atoms with van der Waals surface area (Å²) in [6.07, 6.45) is 13.6. The van der Waals surface area contributed by atoms with Gasteiger partial charge in [0.1, 0.15) is 0 Å². The number of nitrogens with one attached hydrogen (secondary N) is 3. The molecule has 1 aliphatic heterocycles. The molecule has 1 aliphatic carbocycles. The molecule has 0 fully saturated rings. The Morgan fingerprint density at radius 1 is 0.341 bits per heavy atom. The van der Waals surface area contributed by atoms with E-state index in [1.165, 1.54) is 126 Å². The quantitative estimate of drug-likeness (QED) is 0.134. The lowest BCUT2D eigenvalue weighted by Gasteiger charge is -2.14. The monoisotopic (exact) mass is 1790 g/mol. The number of aryl methyl sites for hydroxylation is 1. The maximum atomic E-state index is 11.4. The molecule has 129 heavy (non-hydrogen) atoms. The van der Waals surface area contributed by atoms with Gasteiger partial charge < -0.3 is 15.0 Å². The molecule has 0 amide bonds. The summed E-state index contributed by atoms with van der Waals surface area (Å²) in [6, 6.07) is 77.0. The van der Waals surface area contributed by atoms with Crippen LogP contribution in [0.4, 0.5) is 5.69 Å². The predicted octanol–water partition coefficient (Wildman–Crippen LogP) is 40.3. The van der Waals surface area contributed by atoms with E-state index in [2.05, 4.69) is 360 Å². The average molecular weight is 1800 g/mol. The SMILES string of the molecule is CC.CC.CC.CC.CC.CC.CC.CC.CC.CC(C)C1CCc2cnccc21.CC(C)c1c[nH]c2ccccc12.CC(C)c1cc(=O)[nH]c2ccccc12.CC(C)c1ccc2[nH]ccc2c1.CC(C)c1ccc2c(c1)CC=N2.CC(C)c1ccc2ccsc2c1.CC(C)c1ccc2sccc2c1.CC(C)c1cccc2ccccc12.CC(C)c1csc2ccccc12. The molecule has 16 aromatic rings. The van der Waals surface area contributed by atoms with E-state index in [4.69, 9.17) is 0 Å². The number of hydrogen-bond acceptors (Lipinski definition) is 6. The first-order valence-corrected chi connectivity index (χ1v) is 51.8. The summed E-state index contributed by atoms with van der Waals surface area (Å²) in [5.74, 6) is 6.28. The number of benzene rings is 9. The fourth-order valence-corrected chi connectivity index (χ4v) is 17.0. The average Bonchev–Trinajstić information content (AvgIpc) is 1.73. The van der Waals surface area contributed by atoms with E-state index >= 15 is 0 Å². The van der Waals surface area contributed by atoms with Crippen molar-refractivity contribution in [2.75, 3.05) is 0 Å². The summed E-state index contributed by atoms with van der Waals surface area (Å²) in [7, 11) is 0. The van der Waals surface area contributed by atoms with E-state index < -0.39 is 0 Å². The Morgan fingerprint density at radius 3 is 1.42 bits per heavy atom. The van der Waals surface area contributed by atoms with Crippen LogP contribution < -0.4 is 5.56 Å². The van der Waals surface area contributed by atoms with Crippen molar-refractivity contribution in [2.24, 2.45) is 10.9 Å². The Balaban J connectivity index is 0.000000709. The van der Waals surface area contributed by atoms with Gasteiger partial charge in [-0.25, -0.2) is 0 Å². The number of aromatic nitrogens is 4. The van der Waals surface area contributed by atoms with Crippen molar-refractivity contribution in [1.82, 2.24) is 19.9 Å². The Morgan fingerprint density at radius 2 is 0.829 bits per heavy atom. The van der Waals surface area contributed by atoms with Crippen LogP contribution in [-0.2, 0) is 12.8 Å². The van der Waals surface area contributed by atoms with E-state index in [0.29, 0.717) is 47.3 Å². The number of pyridine rings is 2. The molecule has 6 nitrogen and oxygen atoms in total. The van der Waals surface area contributed by atoms with Crippen molar-refractivity contribution < 1.29 is 0 Å². The molecular formula is C120H171N5OS3. The van der Waals surface area contributed by atoms with Gasteiger partial charge in [0.15, 0.2) is 0 Å². The normalized spacial score (nSPS) is 11.2. The molecule has 18 rings (SSSR count). The van der Waals surface area contributed by atoms with E-state index in [9.17, 15) is 4.79 Å². The van der Waals surface area contributed by atoms with E-state index in [1.807, 2.05) is 208 Å². The third kappa shape index (κ3) is 37.6. The summed E-state index contributed by atoms with van der Waals surface area (Å²) in [5, 5.41) is 17.3. The summed E-state index contributed by atoms with van der Waals surface area (Å²) < 4.78 is 4.20. The van der Waals surface area contributed by atoms with Crippen LogP contribution in [0.15, 0.2) is 269 Å². The lowest BCUT2D eigenvalue weighted by molar-refractivity contribution is 0.496. The second-order valence-corrected chi connectivity index (χ2v) is 34.9. The number of hydrogen-bond donors (Lipinski definition) is 3. The largest absolute Gasteiger partial charge is 0.361 e. The van der Waals surface area contributed by atoms with Gasteiger partial charge in [0.2, 0.25) is 5.56 Å². The van der Waals surface area contributed by atoms with E-state index in [-0.39, 0.29) is 5.56 Å². The number of aliphatic imine (C=N–C) groups is 1. The molecule has 9 heteroatoms. The minimum atomic E-state index is -0.0209. The van der Waals surface area contributed by atoms with Crippen LogP contribution in [0.5, 0.6) is 0 Å².